The lowest BCUT2D eigenvalue weighted by atomic mass is 10.1. The maximum Gasteiger partial charge on any atom is 0.407 e. The summed E-state index contributed by atoms with van der Waals surface area (Å²) in [6.45, 7) is 4.13. The van der Waals surface area contributed by atoms with E-state index in [0.717, 1.165) is 0 Å². The predicted molar refractivity (Wildman–Crippen MR) is 86.7 cm³/mol. The second-order valence-corrected chi connectivity index (χ2v) is 6.34. The van der Waals surface area contributed by atoms with Crippen molar-refractivity contribution in [3.8, 4) is 11.3 Å². The zero-order valence-corrected chi connectivity index (χ0v) is 14.4. The third kappa shape index (κ3) is 5.10. The number of alkyl halides is 2. The second kappa shape index (κ2) is 6.99. The van der Waals surface area contributed by atoms with Crippen molar-refractivity contribution in [2.24, 2.45) is 0 Å². The number of hydrogen-bond acceptors (Lipinski definition) is 6. The van der Waals surface area contributed by atoms with Crippen molar-refractivity contribution in [2.45, 2.75) is 46.4 Å². The zero-order valence-electron chi connectivity index (χ0n) is 14.4. The molecule has 2 aromatic heterocycles. The van der Waals surface area contributed by atoms with Gasteiger partial charge in [0.2, 0.25) is 5.95 Å². The number of alkyl carbamates (subject to hydrolysis) is 1. The van der Waals surface area contributed by atoms with Gasteiger partial charge in [-0.25, -0.2) is 19.4 Å². The molecular weight excluding hydrogens is 334 g/mol. The molecule has 0 atom stereocenters. The fourth-order valence-electron chi connectivity index (χ4n) is 2.06. The normalized spacial score (nSPS) is 11.6. The molecule has 0 saturated heterocycles. The van der Waals surface area contributed by atoms with Gasteiger partial charge in [0.15, 0.2) is 0 Å². The monoisotopic (exact) mass is 354 g/mol. The number of carbonyl (C=O) groups excluding carboxylic acids is 1. The van der Waals surface area contributed by atoms with E-state index < -0.39 is 18.2 Å². The molecule has 3 N–H and O–H groups in total. The van der Waals surface area contributed by atoms with Gasteiger partial charge in [-0.1, -0.05) is 0 Å². The topological polar surface area (TPSA) is 108 Å². The molecule has 2 heterocycles. The van der Waals surface area contributed by atoms with Crippen LogP contribution in [-0.4, -0.2) is 31.4 Å². The van der Waals surface area contributed by atoms with E-state index in [1.54, 1.807) is 33.8 Å². The number of carbonyl (C=O) groups is 1. The SMILES string of the molecule is Cc1nn(C(F)F)cc1-c1cc(CNC(=O)OC(C)(C)C)nc(N)n1. The molecule has 0 aliphatic carbocycles. The first kappa shape index (κ1) is 18.6. The summed E-state index contributed by atoms with van der Waals surface area (Å²) in [6.07, 6.45) is 0.584. The van der Waals surface area contributed by atoms with E-state index >= 15 is 0 Å². The summed E-state index contributed by atoms with van der Waals surface area (Å²) in [5.74, 6) is -0.0392. The number of nitrogens with zero attached hydrogens (tertiary/aromatic N) is 4. The van der Waals surface area contributed by atoms with Gasteiger partial charge in [-0.05, 0) is 33.8 Å². The summed E-state index contributed by atoms with van der Waals surface area (Å²) >= 11 is 0. The Kier molecular flexibility index (Phi) is 5.19. The number of hydrogen-bond donors (Lipinski definition) is 2. The average Bonchev–Trinajstić information content (AvgIpc) is 2.85. The van der Waals surface area contributed by atoms with Gasteiger partial charge < -0.3 is 15.8 Å². The summed E-state index contributed by atoms with van der Waals surface area (Å²) in [5.41, 5.74) is 6.60. The van der Waals surface area contributed by atoms with Gasteiger partial charge >= 0.3 is 12.6 Å². The minimum atomic E-state index is -2.75. The van der Waals surface area contributed by atoms with Gasteiger partial charge in [-0.3, -0.25) is 0 Å². The fourth-order valence-corrected chi connectivity index (χ4v) is 2.06. The molecule has 8 nitrogen and oxygen atoms in total. The third-order valence-corrected chi connectivity index (χ3v) is 3.00. The Hall–Kier alpha value is -2.78. The van der Waals surface area contributed by atoms with Crippen LogP contribution in [0.25, 0.3) is 11.3 Å². The number of anilines is 1. The Morgan fingerprint density at radius 2 is 2.08 bits per heavy atom. The highest BCUT2D eigenvalue weighted by atomic mass is 19.3. The average molecular weight is 354 g/mol. The summed E-state index contributed by atoms with van der Waals surface area (Å²) in [7, 11) is 0. The molecule has 0 bridgehead atoms. The highest BCUT2D eigenvalue weighted by Crippen LogP contribution is 2.24. The maximum absolute atomic E-state index is 12.8. The Morgan fingerprint density at radius 3 is 2.64 bits per heavy atom. The van der Waals surface area contributed by atoms with Crippen LogP contribution < -0.4 is 11.1 Å². The van der Waals surface area contributed by atoms with Crippen LogP contribution in [0.3, 0.4) is 0 Å². The maximum atomic E-state index is 12.8. The molecule has 1 amide bonds. The summed E-state index contributed by atoms with van der Waals surface area (Å²) < 4.78 is 31.2. The van der Waals surface area contributed by atoms with Gasteiger partial charge in [0.25, 0.3) is 0 Å². The number of halogens is 2. The van der Waals surface area contributed by atoms with Crippen molar-refractivity contribution in [1.29, 1.82) is 0 Å². The molecule has 0 fully saturated rings. The van der Waals surface area contributed by atoms with Crippen molar-refractivity contribution in [3.63, 3.8) is 0 Å². The zero-order chi connectivity index (χ0) is 18.8. The molecule has 0 saturated carbocycles. The highest BCUT2D eigenvalue weighted by Gasteiger charge is 2.17. The molecule has 2 rings (SSSR count). The molecule has 2 aromatic rings. The smallest absolute Gasteiger partial charge is 0.407 e. The Labute approximate surface area is 143 Å². The van der Waals surface area contributed by atoms with Crippen LogP contribution in [0.15, 0.2) is 12.3 Å². The molecule has 0 aliphatic heterocycles. The molecule has 25 heavy (non-hydrogen) atoms. The number of amides is 1. The van der Waals surface area contributed by atoms with Gasteiger partial charge in [-0.2, -0.15) is 13.9 Å². The third-order valence-electron chi connectivity index (χ3n) is 3.00. The van der Waals surface area contributed by atoms with E-state index in [9.17, 15) is 13.6 Å². The number of aryl methyl sites for hydroxylation is 1. The molecule has 0 aromatic carbocycles. The number of nitrogens with two attached hydrogens (primary N) is 1. The first-order chi connectivity index (χ1) is 11.5. The first-order valence-electron chi connectivity index (χ1n) is 7.50. The van der Waals surface area contributed by atoms with Gasteiger partial charge in [0.1, 0.15) is 5.60 Å². The van der Waals surface area contributed by atoms with Crippen molar-refractivity contribution in [2.75, 3.05) is 5.73 Å². The minimum Gasteiger partial charge on any atom is -0.444 e. The first-order valence-corrected chi connectivity index (χ1v) is 7.50. The van der Waals surface area contributed by atoms with Crippen LogP contribution in [0.2, 0.25) is 0 Å². The molecular formula is C15H20F2N6O2. The van der Waals surface area contributed by atoms with Gasteiger partial charge in [0.05, 0.1) is 23.6 Å². The molecule has 136 valence electrons. The van der Waals surface area contributed by atoms with E-state index in [0.29, 0.717) is 27.3 Å². The number of rotatable bonds is 4. The van der Waals surface area contributed by atoms with Crippen molar-refractivity contribution < 1.29 is 18.3 Å². The van der Waals surface area contributed by atoms with Crippen LogP contribution in [-0.2, 0) is 11.3 Å². The molecule has 0 unspecified atom stereocenters. The molecule has 0 radical (unpaired) electrons. The lowest BCUT2D eigenvalue weighted by molar-refractivity contribution is 0.0521. The number of aromatic nitrogens is 4. The molecule has 0 spiro atoms. The predicted octanol–water partition coefficient (Wildman–Crippen LogP) is 2.65. The second-order valence-electron chi connectivity index (χ2n) is 6.34. The van der Waals surface area contributed by atoms with Crippen molar-refractivity contribution in [3.05, 3.63) is 23.7 Å². The quantitative estimate of drug-likeness (QED) is 0.874. The number of ether oxygens (including phenoxy) is 1. The Morgan fingerprint density at radius 1 is 1.40 bits per heavy atom. The summed E-state index contributed by atoms with van der Waals surface area (Å²) in [5, 5.41) is 6.29. The number of nitrogen functional groups attached to an aromatic ring is 1. The standard InChI is InChI=1S/C15H20F2N6O2/c1-8-10(7-23(22-8)12(16)17)11-5-9(20-13(18)21-11)6-19-14(24)25-15(2,3)4/h5,7,12H,6H2,1-4H3,(H,19,24)(H2,18,20,21). The highest BCUT2D eigenvalue weighted by molar-refractivity contribution is 5.68. The van der Waals surface area contributed by atoms with E-state index in [-0.39, 0.29) is 12.5 Å². The number of nitrogens with one attached hydrogen (secondary N) is 1. The van der Waals surface area contributed by atoms with E-state index in [2.05, 4.69) is 20.4 Å². The van der Waals surface area contributed by atoms with Crippen LogP contribution in [0.4, 0.5) is 19.5 Å². The van der Waals surface area contributed by atoms with E-state index in [1.807, 2.05) is 0 Å². The van der Waals surface area contributed by atoms with Crippen LogP contribution in [0.5, 0.6) is 0 Å². The summed E-state index contributed by atoms with van der Waals surface area (Å²) in [4.78, 5) is 19.8. The van der Waals surface area contributed by atoms with Gasteiger partial charge in [-0.15, -0.1) is 0 Å². The van der Waals surface area contributed by atoms with Crippen molar-refractivity contribution >= 4 is 12.0 Å². The molecule has 10 heteroatoms. The lowest BCUT2D eigenvalue weighted by Gasteiger charge is -2.19. The van der Waals surface area contributed by atoms with Gasteiger partial charge in [0, 0.05) is 11.8 Å². The van der Waals surface area contributed by atoms with Crippen LogP contribution in [0, 0.1) is 6.92 Å². The van der Waals surface area contributed by atoms with Crippen LogP contribution in [0.1, 0.15) is 38.7 Å². The Balaban J connectivity index is 2.19. The minimum absolute atomic E-state index is 0.0392. The van der Waals surface area contributed by atoms with E-state index in [4.69, 9.17) is 10.5 Å². The van der Waals surface area contributed by atoms with Crippen molar-refractivity contribution in [1.82, 2.24) is 25.1 Å². The fraction of sp³-hybridized carbons (Fsp3) is 0.467. The molecule has 0 aliphatic rings. The largest absolute Gasteiger partial charge is 0.444 e. The van der Waals surface area contributed by atoms with E-state index in [1.165, 1.54) is 6.20 Å². The lowest BCUT2D eigenvalue weighted by Crippen LogP contribution is -2.32. The van der Waals surface area contributed by atoms with Crippen LogP contribution >= 0.6 is 0 Å². The Bertz CT molecular complexity index is 770. The summed E-state index contributed by atoms with van der Waals surface area (Å²) in [6, 6.07) is 1.55.